The van der Waals surface area contributed by atoms with Gasteiger partial charge >= 0.3 is 0 Å². The highest BCUT2D eigenvalue weighted by Gasteiger charge is 1.94. The normalized spacial score (nSPS) is 9.25. The van der Waals surface area contributed by atoms with Crippen LogP contribution in [0, 0.1) is 0 Å². The minimum atomic E-state index is -2.83. The Morgan fingerprint density at radius 3 is 2.25 bits per heavy atom. The topological polar surface area (TPSA) is 63.2 Å². The van der Waals surface area contributed by atoms with Gasteiger partial charge in [0.2, 0.25) is 16.8 Å². The molecule has 0 atom stereocenters. The summed E-state index contributed by atoms with van der Waals surface area (Å²) in [4.78, 5) is 10.00. The molecule has 0 aromatic heterocycles. The van der Waals surface area contributed by atoms with Crippen molar-refractivity contribution in [2.45, 2.75) is 0 Å². The maximum absolute atomic E-state index is 10.00. The van der Waals surface area contributed by atoms with Crippen molar-refractivity contribution in [2.75, 3.05) is 5.88 Å². The van der Waals surface area contributed by atoms with Crippen molar-refractivity contribution in [3.05, 3.63) is 0 Å². The van der Waals surface area contributed by atoms with E-state index in [2.05, 4.69) is 0 Å². The van der Waals surface area contributed by atoms with Crippen LogP contribution in [0.1, 0.15) is 0 Å². The molecule has 8 heavy (non-hydrogen) atoms. The van der Waals surface area contributed by atoms with Gasteiger partial charge in [-0.25, -0.2) is 8.42 Å². The van der Waals surface area contributed by atoms with E-state index in [9.17, 15) is 13.2 Å². The molecule has 0 aromatic carbocycles. The first-order chi connectivity index (χ1) is 3.66. The number of thiol groups is 1. The van der Waals surface area contributed by atoms with Crippen molar-refractivity contribution in [1.29, 1.82) is 0 Å². The quantitative estimate of drug-likeness (QED) is 0.394. The molecule has 0 heterocycles. The molecule has 48 valence electrons. The second-order valence-electron chi connectivity index (χ2n) is 0.926. The fourth-order valence-corrected chi connectivity index (χ4v) is 0.574. The van der Waals surface area contributed by atoms with E-state index < -0.39 is 16.8 Å². The first-order valence-corrected chi connectivity index (χ1v) is 3.38. The zero-order valence-electron chi connectivity index (χ0n) is 3.76. The lowest BCUT2D eigenvalue weighted by atomic mass is 10.8. The molecule has 0 aliphatic heterocycles. The van der Waals surface area contributed by atoms with Crippen LogP contribution in [0.2, 0.25) is 0 Å². The number of carbonyl (C=O) groups excluding carboxylic acids is 1. The molecule has 0 aliphatic carbocycles. The van der Waals surface area contributed by atoms with Crippen LogP contribution in [0.5, 0.6) is 0 Å². The van der Waals surface area contributed by atoms with E-state index >= 15 is 0 Å². The van der Waals surface area contributed by atoms with E-state index in [1.165, 1.54) is 0 Å². The number of carbonyl (C=O) groups is 1. The van der Waals surface area contributed by atoms with E-state index in [4.69, 9.17) is 11.6 Å². The minimum Gasteiger partial charge on any atom is -0.273 e. The number of hydrogen-bond acceptors (Lipinski definition) is 3. The van der Waals surface area contributed by atoms with E-state index in [0.29, 0.717) is 0 Å². The number of alkyl halides is 1. The second-order valence-corrected chi connectivity index (χ2v) is 1.93. The summed E-state index contributed by atoms with van der Waals surface area (Å²) in [6, 6.07) is 0. The Kier molecular flexibility index (Phi) is 3.55. The van der Waals surface area contributed by atoms with Crippen LogP contribution in [0.25, 0.3) is 0 Å². The van der Waals surface area contributed by atoms with Crippen LogP contribution in [0.4, 0.5) is 0 Å². The fraction of sp³-hybridized carbons (Fsp3) is 0.500. The lowest BCUT2D eigenvalue weighted by Crippen LogP contribution is -2.22. The number of nitrogens with one attached hydrogen (secondary N) is 1. The van der Waals surface area contributed by atoms with Gasteiger partial charge in [0.05, 0.1) is 0 Å². The lowest BCUT2D eigenvalue weighted by molar-refractivity contribution is -0.116. The maximum atomic E-state index is 10.00. The zero-order chi connectivity index (χ0) is 6.57. The number of amides is 1. The van der Waals surface area contributed by atoms with Crippen molar-refractivity contribution in [3.63, 3.8) is 0 Å². The van der Waals surface area contributed by atoms with Gasteiger partial charge in [0.15, 0.2) is 0 Å². The predicted octanol–water partition coefficient (Wildman–Crippen LogP) is -1.13. The molecule has 0 saturated heterocycles. The molecule has 0 rings (SSSR count). The van der Waals surface area contributed by atoms with Crippen molar-refractivity contribution in [3.8, 4) is 0 Å². The van der Waals surface area contributed by atoms with Gasteiger partial charge < -0.3 is 0 Å². The summed E-state index contributed by atoms with van der Waals surface area (Å²) in [7, 11) is -2.83. The molecular weight excluding hydrogens is 154 g/mol. The summed E-state index contributed by atoms with van der Waals surface area (Å²) in [5.41, 5.74) is 0. The van der Waals surface area contributed by atoms with Crippen molar-refractivity contribution in [1.82, 2.24) is 4.72 Å². The molecule has 4 nitrogen and oxygen atoms in total. The highest BCUT2D eigenvalue weighted by Crippen LogP contribution is 1.71. The molecule has 0 aliphatic rings. The van der Waals surface area contributed by atoms with Gasteiger partial charge in [0.1, 0.15) is 5.88 Å². The molecule has 6 heteroatoms. The van der Waals surface area contributed by atoms with Crippen molar-refractivity contribution < 1.29 is 13.2 Å². The number of halogens is 1. The third-order valence-electron chi connectivity index (χ3n) is 0.337. The third-order valence-corrected chi connectivity index (χ3v) is 1.01. The van der Waals surface area contributed by atoms with Crippen LogP contribution in [-0.4, -0.2) is 20.2 Å². The van der Waals surface area contributed by atoms with Gasteiger partial charge in [-0.2, -0.15) is 0 Å². The van der Waals surface area contributed by atoms with Gasteiger partial charge in [-0.1, -0.05) is 0 Å². The van der Waals surface area contributed by atoms with Crippen LogP contribution in [-0.2, 0) is 15.7 Å². The van der Waals surface area contributed by atoms with E-state index in [1.807, 2.05) is 0 Å². The summed E-state index contributed by atoms with van der Waals surface area (Å²) in [5, 5.41) is 0. The Hall–Kier alpha value is -0.290. The number of hydrogen-bond donors (Lipinski definition) is 2. The third kappa shape index (κ3) is 3.89. The Morgan fingerprint density at radius 2 is 2.12 bits per heavy atom. The van der Waals surface area contributed by atoms with Crippen molar-refractivity contribution >= 4 is 28.4 Å². The van der Waals surface area contributed by atoms with E-state index in [1.54, 1.807) is 4.72 Å². The summed E-state index contributed by atoms with van der Waals surface area (Å²) < 4.78 is 20.8. The minimum absolute atomic E-state index is 0.330. The van der Waals surface area contributed by atoms with E-state index in [-0.39, 0.29) is 5.88 Å². The Morgan fingerprint density at radius 1 is 1.62 bits per heavy atom. The second kappa shape index (κ2) is 3.68. The molecule has 0 aromatic rings. The van der Waals surface area contributed by atoms with Crippen molar-refractivity contribution in [2.24, 2.45) is 0 Å². The maximum Gasteiger partial charge on any atom is 0.248 e. The lowest BCUT2D eigenvalue weighted by Gasteiger charge is -1.86. The Balaban J connectivity index is 3.56. The first kappa shape index (κ1) is 7.71. The average Bonchev–Trinajstić information content (AvgIpc) is 1.65. The molecule has 0 fully saturated rings. The molecule has 0 radical (unpaired) electrons. The molecule has 0 unspecified atom stereocenters. The molecule has 0 spiro atoms. The zero-order valence-corrected chi connectivity index (χ0v) is 5.41. The summed E-state index contributed by atoms with van der Waals surface area (Å²) >= 11 is 4.92. The Bertz CT molecular complexity index is 145. The van der Waals surface area contributed by atoms with E-state index in [0.717, 1.165) is 0 Å². The number of rotatable bonds is 2. The van der Waals surface area contributed by atoms with Gasteiger partial charge in [-0.15, -0.1) is 11.6 Å². The molecule has 0 saturated carbocycles. The van der Waals surface area contributed by atoms with Crippen LogP contribution >= 0.6 is 11.6 Å². The Labute approximate surface area is 52.9 Å². The van der Waals surface area contributed by atoms with Gasteiger partial charge in [0, 0.05) is 0 Å². The molecule has 1 N–H and O–H groups in total. The highest BCUT2D eigenvalue weighted by molar-refractivity contribution is 7.71. The smallest absolute Gasteiger partial charge is 0.248 e. The van der Waals surface area contributed by atoms with Crippen LogP contribution in [0.3, 0.4) is 0 Å². The first-order valence-electron chi connectivity index (χ1n) is 1.66. The summed E-state index contributed by atoms with van der Waals surface area (Å²) in [6.45, 7) is 0. The average molecular weight is 158 g/mol. The van der Waals surface area contributed by atoms with Gasteiger partial charge in [-0.05, 0) is 0 Å². The van der Waals surface area contributed by atoms with Crippen LogP contribution < -0.4 is 4.72 Å². The molecule has 0 bridgehead atoms. The SMILES string of the molecule is O=C(CCl)N[SH](=O)=O. The van der Waals surface area contributed by atoms with Gasteiger partial charge in [0.25, 0.3) is 0 Å². The molecule has 1 amide bonds. The predicted molar refractivity (Wildman–Crippen MR) is 29.2 cm³/mol. The largest absolute Gasteiger partial charge is 0.273 e. The summed E-state index contributed by atoms with van der Waals surface area (Å²) in [5.74, 6) is -1.04. The summed E-state index contributed by atoms with van der Waals surface area (Å²) in [6.07, 6.45) is 0. The van der Waals surface area contributed by atoms with Gasteiger partial charge in [-0.3, -0.25) is 9.52 Å². The highest BCUT2D eigenvalue weighted by atomic mass is 35.5. The fourth-order valence-electron chi connectivity index (χ4n) is 0.132. The molecular formula is C2H4ClNO3S. The monoisotopic (exact) mass is 157 g/mol. The standard InChI is InChI=1S/C2H4ClNO3S/c3-1-2(5)4-8(6)7/h8H,1H2,(H,4,5,6,7). The van der Waals surface area contributed by atoms with Crippen LogP contribution in [0.15, 0.2) is 0 Å².